The van der Waals surface area contributed by atoms with Crippen LogP contribution in [0.5, 0.6) is 5.75 Å². The summed E-state index contributed by atoms with van der Waals surface area (Å²) in [5, 5.41) is 0. The molecule has 1 aliphatic carbocycles. The second-order valence-electron chi connectivity index (χ2n) is 7.30. The van der Waals surface area contributed by atoms with Gasteiger partial charge in [0.15, 0.2) is 12.0 Å². The van der Waals surface area contributed by atoms with Gasteiger partial charge in [-0.15, -0.1) is 0 Å². The zero-order valence-electron chi connectivity index (χ0n) is 14.4. The lowest BCUT2D eigenvalue weighted by molar-refractivity contribution is -0.150. The number of Topliss-reactive ketones (excluding diaryl/α,β-unsaturated/α-hetero) is 1. The van der Waals surface area contributed by atoms with Crippen molar-refractivity contribution in [2.75, 3.05) is 20.3 Å². The number of ketones is 1. The fourth-order valence-electron chi connectivity index (χ4n) is 4.31. The number of carbonyl (C=O) groups is 1. The van der Waals surface area contributed by atoms with Gasteiger partial charge >= 0.3 is 0 Å². The lowest BCUT2D eigenvalue weighted by atomic mass is 9.68. The van der Waals surface area contributed by atoms with Crippen LogP contribution < -0.4 is 4.74 Å². The lowest BCUT2D eigenvalue weighted by Crippen LogP contribution is -2.56. The number of benzene rings is 1. The van der Waals surface area contributed by atoms with E-state index in [1.165, 1.54) is 7.11 Å². The maximum absolute atomic E-state index is 14.0. The monoisotopic (exact) mass is 350 g/mol. The van der Waals surface area contributed by atoms with Gasteiger partial charge < -0.3 is 18.9 Å². The van der Waals surface area contributed by atoms with Gasteiger partial charge in [-0.25, -0.2) is 4.39 Å². The molecule has 2 saturated heterocycles. The maximum atomic E-state index is 14.0. The third-order valence-corrected chi connectivity index (χ3v) is 5.74. The molecule has 0 N–H and O–H groups in total. The van der Waals surface area contributed by atoms with Crippen molar-refractivity contribution in [3.63, 3.8) is 0 Å². The molecule has 136 valence electrons. The Morgan fingerprint density at radius 3 is 2.68 bits per heavy atom. The highest BCUT2D eigenvalue weighted by atomic mass is 19.1. The van der Waals surface area contributed by atoms with Gasteiger partial charge in [0, 0.05) is 20.0 Å². The van der Waals surface area contributed by atoms with Gasteiger partial charge in [0.25, 0.3) is 0 Å². The highest BCUT2D eigenvalue weighted by Crippen LogP contribution is 2.58. The van der Waals surface area contributed by atoms with E-state index in [4.69, 9.17) is 18.9 Å². The number of rotatable bonds is 6. The van der Waals surface area contributed by atoms with Crippen molar-refractivity contribution in [2.24, 2.45) is 5.92 Å². The van der Waals surface area contributed by atoms with Crippen LogP contribution in [-0.4, -0.2) is 55.7 Å². The van der Waals surface area contributed by atoms with E-state index in [1.54, 1.807) is 0 Å². The summed E-state index contributed by atoms with van der Waals surface area (Å²) in [6, 6.07) is 9.59. The third kappa shape index (κ3) is 2.86. The Kier molecular flexibility index (Phi) is 4.09. The molecule has 0 amide bonds. The van der Waals surface area contributed by atoms with Gasteiger partial charge in [-0.3, -0.25) is 4.79 Å². The number of hydrogen-bond acceptors (Lipinski definition) is 5. The zero-order chi connectivity index (χ0) is 17.7. The van der Waals surface area contributed by atoms with Crippen molar-refractivity contribution in [2.45, 2.75) is 49.3 Å². The summed E-state index contributed by atoms with van der Waals surface area (Å²) in [6.45, 7) is 2.94. The van der Waals surface area contributed by atoms with Gasteiger partial charge in [-0.1, -0.05) is 18.2 Å². The number of halogens is 1. The second kappa shape index (κ2) is 6.04. The molecule has 3 fully saturated rings. The molecule has 2 heterocycles. The number of carbonyl (C=O) groups excluding carboxylic acids is 1. The molecule has 2 aliphatic heterocycles. The fraction of sp³-hybridized carbons (Fsp3) is 0.632. The lowest BCUT2D eigenvalue weighted by Gasteiger charge is -2.38. The third-order valence-electron chi connectivity index (χ3n) is 5.74. The Morgan fingerprint density at radius 1 is 1.32 bits per heavy atom. The summed E-state index contributed by atoms with van der Waals surface area (Å²) in [5.74, 6) is 0.0330. The van der Waals surface area contributed by atoms with Gasteiger partial charge in [0.2, 0.25) is 0 Å². The SMILES string of the molecule is CO[C@@H]1C(=O)C(F)C[C@]2(CO2)[C@H]1C1(C)O[C@@H]1CCOc1ccccc1. The molecule has 0 bridgehead atoms. The van der Waals surface area contributed by atoms with Gasteiger partial charge in [-0.05, 0) is 19.1 Å². The van der Waals surface area contributed by atoms with E-state index in [-0.39, 0.29) is 18.4 Å². The average Bonchev–Trinajstić information content (AvgIpc) is 3.51. The van der Waals surface area contributed by atoms with Crippen LogP contribution in [0, 0.1) is 5.92 Å². The van der Waals surface area contributed by atoms with Crippen molar-refractivity contribution >= 4 is 5.78 Å². The Labute approximate surface area is 146 Å². The first-order chi connectivity index (χ1) is 12.0. The Hall–Kier alpha value is -1.50. The normalized spacial score (nSPS) is 42.4. The topological polar surface area (TPSA) is 60.6 Å². The molecule has 6 heteroatoms. The number of epoxide rings is 2. The molecule has 25 heavy (non-hydrogen) atoms. The van der Waals surface area contributed by atoms with Crippen molar-refractivity contribution < 1.29 is 28.1 Å². The highest BCUT2D eigenvalue weighted by Gasteiger charge is 2.73. The fourth-order valence-corrected chi connectivity index (χ4v) is 4.31. The molecule has 1 spiro atoms. The maximum Gasteiger partial charge on any atom is 0.196 e. The summed E-state index contributed by atoms with van der Waals surface area (Å²) in [5.41, 5.74) is -1.18. The minimum atomic E-state index is -1.52. The number of ether oxygens (including phenoxy) is 4. The van der Waals surface area contributed by atoms with Crippen LogP contribution in [-0.2, 0) is 19.0 Å². The summed E-state index contributed by atoms with van der Waals surface area (Å²) in [7, 11) is 1.45. The Bertz CT molecular complexity index is 646. The standard InChI is InChI=1S/C19H23FO5/c1-18(14(25-18)8-9-23-12-6-4-3-5-7-12)17-16(22-2)15(21)13(20)10-19(17)11-24-19/h3-7,13-14,16-17H,8-11H2,1-2H3/t13?,14-,16-,17-,18?,19+/m1/s1. The first kappa shape index (κ1) is 16.9. The highest BCUT2D eigenvalue weighted by molar-refractivity contribution is 5.89. The van der Waals surface area contributed by atoms with Crippen LogP contribution in [0.1, 0.15) is 19.8 Å². The largest absolute Gasteiger partial charge is 0.493 e. The zero-order valence-corrected chi connectivity index (χ0v) is 14.4. The van der Waals surface area contributed by atoms with E-state index in [0.29, 0.717) is 19.6 Å². The molecule has 2 unspecified atom stereocenters. The molecule has 1 aromatic rings. The molecular formula is C19H23FO5. The second-order valence-corrected chi connectivity index (χ2v) is 7.30. The molecule has 1 saturated carbocycles. The number of para-hydroxylation sites is 1. The van der Waals surface area contributed by atoms with Crippen LogP contribution in [0.2, 0.25) is 0 Å². The van der Waals surface area contributed by atoms with Crippen LogP contribution in [0.25, 0.3) is 0 Å². The predicted molar refractivity (Wildman–Crippen MR) is 87.3 cm³/mol. The van der Waals surface area contributed by atoms with Crippen LogP contribution in [0.4, 0.5) is 4.39 Å². The van der Waals surface area contributed by atoms with E-state index >= 15 is 0 Å². The van der Waals surface area contributed by atoms with Gasteiger partial charge in [0.05, 0.1) is 25.2 Å². The van der Waals surface area contributed by atoms with Crippen LogP contribution in [0.3, 0.4) is 0 Å². The van der Waals surface area contributed by atoms with Crippen LogP contribution >= 0.6 is 0 Å². The first-order valence-corrected chi connectivity index (χ1v) is 8.70. The minimum Gasteiger partial charge on any atom is -0.493 e. The van der Waals surface area contributed by atoms with E-state index in [1.807, 2.05) is 37.3 Å². The predicted octanol–water partition coefficient (Wildman–Crippen LogP) is 2.32. The van der Waals surface area contributed by atoms with Crippen molar-refractivity contribution in [1.29, 1.82) is 0 Å². The first-order valence-electron chi connectivity index (χ1n) is 8.70. The molecule has 5 nitrogen and oxygen atoms in total. The number of hydrogen-bond donors (Lipinski definition) is 0. The minimum absolute atomic E-state index is 0.0519. The van der Waals surface area contributed by atoms with E-state index in [9.17, 15) is 9.18 Å². The Balaban J connectivity index is 1.41. The van der Waals surface area contributed by atoms with Crippen molar-refractivity contribution in [3.05, 3.63) is 30.3 Å². The van der Waals surface area contributed by atoms with Gasteiger partial charge in [0.1, 0.15) is 23.1 Å². The van der Waals surface area contributed by atoms with Crippen molar-refractivity contribution in [3.8, 4) is 5.75 Å². The summed E-state index contributed by atoms with van der Waals surface area (Å²) in [6.07, 6.45) is -1.60. The summed E-state index contributed by atoms with van der Waals surface area (Å²) >= 11 is 0. The summed E-state index contributed by atoms with van der Waals surface area (Å²) < 4.78 is 36.7. The summed E-state index contributed by atoms with van der Waals surface area (Å²) in [4.78, 5) is 12.2. The molecule has 4 rings (SSSR count). The number of alkyl halides is 1. The number of methoxy groups -OCH3 is 1. The molecule has 3 aliphatic rings. The molecule has 6 atom stereocenters. The van der Waals surface area contributed by atoms with E-state index in [2.05, 4.69) is 0 Å². The van der Waals surface area contributed by atoms with E-state index in [0.717, 1.165) is 5.75 Å². The Morgan fingerprint density at radius 2 is 2.04 bits per heavy atom. The quantitative estimate of drug-likeness (QED) is 0.737. The smallest absolute Gasteiger partial charge is 0.196 e. The molecule has 0 aromatic heterocycles. The molecule has 0 radical (unpaired) electrons. The molecule has 1 aromatic carbocycles. The molecular weight excluding hydrogens is 327 g/mol. The average molecular weight is 350 g/mol. The van der Waals surface area contributed by atoms with Crippen molar-refractivity contribution in [1.82, 2.24) is 0 Å². The van der Waals surface area contributed by atoms with Gasteiger partial charge in [-0.2, -0.15) is 0 Å². The van der Waals surface area contributed by atoms with Crippen LogP contribution in [0.15, 0.2) is 30.3 Å². The van der Waals surface area contributed by atoms with E-state index < -0.39 is 29.3 Å².